The van der Waals surface area contributed by atoms with Gasteiger partial charge in [-0.2, -0.15) is 0 Å². The van der Waals surface area contributed by atoms with Gasteiger partial charge in [0, 0.05) is 6.92 Å². The standard InChI is InChI=1S/C8H13NO/c1-5-8(6(2)3)9-7(4)10/h1,6,8H,2-4H3,(H,9,10). The molecule has 1 unspecified atom stereocenters. The molecule has 0 aromatic rings. The molecular weight excluding hydrogens is 126 g/mol. The summed E-state index contributed by atoms with van der Waals surface area (Å²) < 4.78 is 0. The summed E-state index contributed by atoms with van der Waals surface area (Å²) in [5.74, 6) is 2.73. The monoisotopic (exact) mass is 139 g/mol. The number of rotatable bonds is 2. The van der Waals surface area contributed by atoms with Crippen LogP contribution < -0.4 is 5.32 Å². The highest BCUT2D eigenvalue weighted by molar-refractivity contribution is 5.73. The Morgan fingerprint density at radius 2 is 2.10 bits per heavy atom. The molecule has 56 valence electrons. The lowest BCUT2D eigenvalue weighted by Crippen LogP contribution is -2.35. The first-order valence-corrected chi connectivity index (χ1v) is 3.31. The fraction of sp³-hybridized carbons (Fsp3) is 0.625. The van der Waals surface area contributed by atoms with Gasteiger partial charge in [-0.25, -0.2) is 0 Å². The third kappa shape index (κ3) is 3.13. The normalized spacial score (nSPS) is 12.3. The van der Waals surface area contributed by atoms with E-state index in [9.17, 15) is 4.79 Å². The van der Waals surface area contributed by atoms with Crippen LogP contribution in [0.15, 0.2) is 0 Å². The first kappa shape index (κ1) is 9.03. The van der Waals surface area contributed by atoms with E-state index >= 15 is 0 Å². The van der Waals surface area contributed by atoms with Crippen molar-refractivity contribution in [3.63, 3.8) is 0 Å². The summed E-state index contributed by atoms with van der Waals surface area (Å²) in [5.41, 5.74) is 0. The molecule has 1 amide bonds. The van der Waals surface area contributed by atoms with Gasteiger partial charge in [-0.15, -0.1) is 6.42 Å². The van der Waals surface area contributed by atoms with E-state index in [2.05, 4.69) is 11.2 Å². The number of hydrogen-bond donors (Lipinski definition) is 1. The lowest BCUT2D eigenvalue weighted by molar-refractivity contribution is -0.119. The highest BCUT2D eigenvalue weighted by Gasteiger charge is 2.09. The SMILES string of the molecule is C#CC(NC(C)=O)C(C)C. The van der Waals surface area contributed by atoms with Crippen LogP contribution in [0.4, 0.5) is 0 Å². The Balaban J connectivity index is 3.87. The molecule has 0 aliphatic heterocycles. The molecule has 0 rings (SSSR count). The van der Waals surface area contributed by atoms with Gasteiger partial charge in [-0.3, -0.25) is 4.79 Å². The minimum atomic E-state index is -0.127. The highest BCUT2D eigenvalue weighted by atomic mass is 16.1. The second-order valence-corrected chi connectivity index (χ2v) is 2.59. The zero-order valence-electron chi connectivity index (χ0n) is 6.64. The molecular formula is C8H13NO. The van der Waals surface area contributed by atoms with E-state index in [1.54, 1.807) is 0 Å². The van der Waals surface area contributed by atoms with Gasteiger partial charge in [0.2, 0.25) is 5.91 Å². The molecule has 0 fully saturated rings. The lowest BCUT2D eigenvalue weighted by atomic mass is 10.1. The van der Waals surface area contributed by atoms with E-state index in [0.29, 0.717) is 5.92 Å². The second-order valence-electron chi connectivity index (χ2n) is 2.59. The molecule has 0 saturated heterocycles. The number of amides is 1. The van der Waals surface area contributed by atoms with Gasteiger partial charge in [-0.05, 0) is 5.92 Å². The highest BCUT2D eigenvalue weighted by Crippen LogP contribution is 1.98. The van der Waals surface area contributed by atoms with Gasteiger partial charge in [-0.1, -0.05) is 19.8 Å². The number of nitrogens with one attached hydrogen (secondary N) is 1. The Labute approximate surface area is 62.0 Å². The van der Waals surface area contributed by atoms with Gasteiger partial charge in [0.1, 0.15) is 0 Å². The third-order valence-corrected chi connectivity index (χ3v) is 1.20. The molecule has 0 aliphatic carbocycles. The first-order chi connectivity index (χ1) is 4.57. The molecule has 0 heterocycles. The maximum atomic E-state index is 10.5. The molecule has 0 bridgehead atoms. The van der Waals surface area contributed by atoms with E-state index in [1.807, 2.05) is 13.8 Å². The summed E-state index contributed by atoms with van der Waals surface area (Å²) in [6.07, 6.45) is 5.16. The Morgan fingerprint density at radius 3 is 2.20 bits per heavy atom. The Kier molecular flexibility index (Phi) is 3.56. The van der Waals surface area contributed by atoms with Crippen molar-refractivity contribution in [1.82, 2.24) is 5.32 Å². The van der Waals surface area contributed by atoms with Crippen LogP contribution in [-0.2, 0) is 4.79 Å². The van der Waals surface area contributed by atoms with Crippen molar-refractivity contribution >= 4 is 5.91 Å². The van der Waals surface area contributed by atoms with Crippen LogP contribution in [0.3, 0.4) is 0 Å². The van der Waals surface area contributed by atoms with Gasteiger partial charge in [0.05, 0.1) is 6.04 Å². The van der Waals surface area contributed by atoms with Gasteiger partial charge >= 0.3 is 0 Å². The van der Waals surface area contributed by atoms with Crippen molar-refractivity contribution in [1.29, 1.82) is 0 Å². The molecule has 2 heteroatoms. The van der Waals surface area contributed by atoms with E-state index in [4.69, 9.17) is 6.42 Å². The molecule has 0 aromatic heterocycles. The Bertz CT molecular complexity index is 155. The quantitative estimate of drug-likeness (QED) is 0.563. The fourth-order valence-electron chi connectivity index (χ4n) is 0.620. The van der Waals surface area contributed by atoms with Crippen molar-refractivity contribution in [2.24, 2.45) is 5.92 Å². The average Bonchev–Trinajstić information content (AvgIpc) is 1.81. The minimum absolute atomic E-state index is 0.0725. The van der Waals surface area contributed by atoms with Crippen LogP contribution in [0.2, 0.25) is 0 Å². The maximum Gasteiger partial charge on any atom is 0.217 e. The van der Waals surface area contributed by atoms with Crippen LogP contribution in [-0.4, -0.2) is 11.9 Å². The molecule has 10 heavy (non-hydrogen) atoms. The topological polar surface area (TPSA) is 29.1 Å². The van der Waals surface area contributed by atoms with Gasteiger partial charge in [0.25, 0.3) is 0 Å². The summed E-state index contributed by atoms with van der Waals surface area (Å²) in [7, 11) is 0. The van der Waals surface area contributed by atoms with Crippen LogP contribution in [0.25, 0.3) is 0 Å². The minimum Gasteiger partial charge on any atom is -0.342 e. The Hall–Kier alpha value is -0.970. The molecule has 0 radical (unpaired) electrons. The number of carbonyl (C=O) groups excluding carboxylic acids is 1. The van der Waals surface area contributed by atoms with Gasteiger partial charge < -0.3 is 5.32 Å². The molecule has 0 aliphatic rings. The van der Waals surface area contributed by atoms with Crippen molar-refractivity contribution in [2.75, 3.05) is 0 Å². The van der Waals surface area contributed by atoms with Crippen molar-refractivity contribution < 1.29 is 4.79 Å². The van der Waals surface area contributed by atoms with Crippen molar-refractivity contribution in [2.45, 2.75) is 26.8 Å². The molecule has 0 aromatic carbocycles. The van der Waals surface area contributed by atoms with E-state index < -0.39 is 0 Å². The van der Waals surface area contributed by atoms with Crippen LogP contribution in [0.5, 0.6) is 0 Å². The summed E-state index contributed by atoms with van der Waals surface area (Å²) in [5, 5.41) is 2.65. The maximum absolute atomic E-state index is 10.5. The fourth-order valence-corrected chi connectivity index (χ4v) is 0.620. The smallest absolute Gasteiger partial charge is 0.217 e. The number of carbonyl (C=O) groups is 1. The zero-order valence-corrected chi connectivity index (χ0v) is 6.64. The number of terminal acetylenes is 1. The molecule has 0 spiro atoms. The third-order valence-electron chi connectivity index (χ3n) is 1.20. The van der Waals surface area contributed by atoms with Crippen molar-refractivity contribution in [3.8, 4) is 12.3 Å². The summed E-state index contributed by atoms with van der Waals surface area (Å²) in [6, 6.07) is -0.127. The number of hydrogen-bond acceptors (Lipinski definition) is 1. The molecule has 0 saturated carbocycles. The summed E-state index contributed by atoms with van der Waals surface area (Å²) in [4.78, 5) is 10.5. The Morgan fingerprint density at radius 1 is 1.60 bits per heavy atom. The van der Waals surface area contributed by atoms with Crippen LogP contribution >= 0.6 is 0 Å². The molecule has 2 nitrogen and oxygen atoms in total. The zero-order chi connectivity index (χ0) is 8.15. The lowest BCUT2D eigenvalue weighted by Gasteiger charge is -2.14. The largest absolute Gasteiger partial charge is 0.342 e. The molecule has 1 atom stereocenters. The van der Waals surface area contributed by atoms with E-state index in [0.717, 1.165) is 0 Å². The van der Waals surface area contributed by atoms with Crippen molar-refractivity contribution in [3.05, 3.63) is 0 Å². The summed E-state index contributed by atoms with van der Waals surface area (Å²) >= 11 is 0. The van der Waals surface area contributed by atoms with Gasteiger partial charge in [0.15, 0.2) is 0 Å². The van der Waals surface area contributed by atoms with E-state index in [1.165, 1.54) is 6.92 Å². The summed E-state index contributed by atoms with van der Waals surface area (Å²) in [6.45, 7) is 5.41. The predicted octanol–water partition coefficient (Wildman–Crippen LogP) is 0.780. The predicted molar refractivity (Wildman–Crippen MR) is 41.3 cm³/mol. The molecule has 1 N–H and O–H groups in total. The van der Waals surface area contributed by atoms with E-state index in [-0.39, 0.29) is 11.9 Å². The average molecular weight is 139 g/mol. The first-order valence-electron chi connectivity index (χ1n) is 3.31. The van der Waals surface area contributed by atoms with Crippen LogP contribution in [0, 0.1) is 18.3 Å². The van der Waals surface area contributed by atoms with Crippen LogP contribution in [0.1, 0.15) is 20.8 Å². The second kappa shape index (κ2) is 3.94.